The van der Waals surface area contributed by atoms with Crippen molar-refractivity contribution in [1.82, 2.24) is 4.90 Å². The summed E-state index contributed by atoms with van der Waals surface area (Å²) in [5.74, 6) is 3.88. The van der Waals surface area contributed by atoms with Gasteiger partial charge in [0.05, 0.1) is 0 Å². The molecule has 0 amide bonds. The smallest absolute Gasteiger partial charge is 0.00662 e. The Morgan fingerprint density at radius 1 is 1.25 bits per heavy atom. The van der Waals surface area contributed by atoms with Crippen molar-refractivity contribution in [1.29, 1.82) is 0 Å². The number of hydrogen-bond donors (Lipinski definition) is 1. The van der Waals surface area contributed by atoms with Gasteiger partial charge in [-0.05, 0) is 25.4 Å². The lowest BCUT2D eigenvalue weighted by atomic mass is 10.0. The van der Waals surface area contributed by atoms with Gasteiger partial charge in [0.1, 0.15) is 0 Å². The fourth-order valence-electron chi connectivity index (χ4n) is 1.45. The van der Waals surface area contributed by atoms with Gasteiger partial charge in [0, 0.05) is 24.0 Å². The molecule has 0 radical (unpaired) electrons. The predicted octanol–water partition coefficient (Wildman–Crippen LogP) is 2.99. The van der Waals surface area contributed by atoms with Crippen molar-refractivity contribution in [2.24, 2.45) is 0 Å². The molecule has 0 aliphatic heterocycles. The highest BCUT2D eigenvalue weighted by molar-refractivity contribution is 7.99. The molecule has 0 fully saturated rings. The first-order valence-electron chi connectivity index (χ1n) is 5.62. The molecule has 1 nitrogen and oxygen atoms in total. The van der Waals surface area contributed by atoms with Crippen molar-refractivity contribution in [3.63, 3.8) is 0 Å². The molecule has 0 bridgehead atoms. The van der Waals surface area contributed by atoms with Crippen LogP contribution in [0.25, 0.3) is 0 Å². The fraction of sp³-hybridized carbons (Fsp3) is 0.538. The van der Waals surface area contributed by atoms with Crippen molar-refractivity contribution in [2.75, 3.05) is 37.9 Å². The molecular weight excluding hydrogens is 234 g/mol. The van der Waals surface area contributed by atoms with Gasteiger partial charge in [0.15, 0.2) is 0 Å². The zero-order chi connectivity index (χ0) is 11.8. The Morgan fingerprint density at radius 2 is 1.94 bits per heavy atom. The Hall–Kier alpha value is -0.120. The van der Waals surface area contributed by atoms with Crippen LogP contribution >= 0.6 is 24.4 Å². The fourth-order valence-corrected chi connectivity index (χ4v) is 3.22. The summed E-state index contributed by atoms with van der Waals surface area (Å²) in [6.07, 6.45) is 0. The van der Waals surface area contributed by atoms with Crippen LogP contribution in [0.1, 0.15) is 11.5 Å². The van der Waals surface area contributed by atoms with Gasteiger partial charge in [0.25, 0.3) is 0 Å². The van der Waals surface area contributed by atoms with Gasteiger partial charge < -0.3 is 4.90 Å². The minimum absolute atomic E-state index is 0.580. The highest BCUT2D eigenvalue weighted by Gasteiger charge is 2.08. The number of nitrogens with zero attached hydrogens (tertiary/aromatic N) is 1. The van der Waals surface area contributed by atoms with Crippen molar-refractivity contribution in [2.45, 2.75) is 5.92 Å². The molecule has 1 atom stereocenters. The van der Waals surface area contributed by atoms with E-state index in [2.05, 4.69) is 62.0 Å². The zero-order valence-electron chi connectivity index (χ0n) is 10.1. The Kier molecular flexibility index (Phi) is 7.01. The molecule has 0 aliphatic rings. The van der Waals surface area contributed by atoms with Gasteiger partial charge in [-0.2, -0.15) is 24.4 Å². The largest absolute Gasteiger partial charge is 0.309 e. The van der Waals surface area contributed by atoms with Crippen molar-refractivity contribution >= 4 is 24.4 Å². The van der Waals surface area contributed by atoms with E-state index in [1.165, 1.54) is 17.1 Å². The lowest BCUT2D eigenvalue weighted by Crippen LogP contribution is -2.15. The van der Waals surface area contributed by atoms with Crippen LogP contribution in [0.5, 0.6) is 0 Å². The summed E-state index contributed by atoms with van der Waals surface area (Å²) in [5, 5.41) is 0. The van der Waals surface area contributed by atoms with E-state index >= 15 is 0 Å². The maximum atomic E-state index is 4.45. The number of benzene rings is 1. The van der Waals surface area contributed by atoms with E-state index in [4.69, 9.17) is 0 Å². The molecule has 90 valence electrons. The van der Waals surface area contributed by atoms with Crippen LogP contribution in [0.2, 0.25) is 0 Å². The summed E-state index contributed by atoms with van der Waals surface area (Å²) in [5.41, 5.74) is 1.41. The molecule has 16 heavy (non-hydrogen) atoms. The van der Waals surface area contributed by atoms with Crippen molar-refractivity contribution in [3.8, 4) is 0 Å². The molecule has 0 aliphatic carbocycles. The summed E-state index contributed by atoms with van der Waals surface area (Å²) < 4.78 is 0. The Balaban J connectivity index is 2.33. The predicted molar refractivity (Wildman–Crippen MR) is 78.9 cm³/mol. The first-order chi connectivity index (χ1) is 7.74. The summed E-state index contributed by atoms with van der Waals surface area (Å²) in [4.78, 5) is 2.23. The highest BCUT2D eigenvalue weighted by atomic mass is 32.2. The number of hydrogen-bond acceptors (Lipinski definition) is 3. The molecule has 1 unspecified atom stereocenters. The third kappa shape index (κ3) is 5.28. The molecule has 0 spiro atoms. The third-order valence-electron chi connectivity index (χ3n) is 2.49. The average Bonchev–Trinajstić information content (AvgIpc) is 2.30. The van der Waals surface area contributed by atoms with Crippen molar-refractivity contribution < 1.29 is 0 Å². The van der Waals surface area contributed by atoms with E-state index in [0.29, 0.717) is 5.92 Å². The van der Waals surface area contributed by atoms with Crippen molar-refractivity contribution in [3.05, 3.63) is 35.9 Å². The van der Waals surface area contributed by atoms with Crippen LogP contribution in [0.3, 0.4) is 0 Å². The van der Waals surface area contributed by atoms with E-state index in [1.807, 2.05) is 11.8 Å². The Morgan fingerprint density at radius 3 is 2.50 bits per heavy atom. The topological polar surface area (TPSA) is 3.24 Å². The summed E-state index contributed by atoms with van der Waals surface area (Å²) in [6.45, 7) is 1.15. The first kappa shape index (κ1) is 13.9. The molecule has 3 heteroatoms. The summed E-state index contributed by atoms with van der Waals surface area (Å²) >= 11 is 6.46. The van der Waals surface area contributed by atoms with Crippen LogP contribution in [0, 0.1) is 0 Å². The highest BCUT2D eigenvalue weighted by Crippen LogP contribution is 2.21. The maximum absolute atomic E-state index is 4.45. The second-order valence-corrected chi connectivity index (χ2v) is 5.68. The van der Waals surface area contributed by atoms with Gasteiger partial charge in [0.2, 0.25) is 0 Å². The summed E-state index contributed by atoms with van der Waals surface area (Å²) in [7, 11) is 4.24. The van der Waals surface area contributed by atoms with Crippen LogP contribution in [0.4, 0.5) is 0 Å². The number of thiol groups is 1. The minimum Gasteiger partial charge on any atom is -0.309 e. The molecule has 0 aromatic heterocycles. The monoisotopic (exact) mass is 255 g/mol. The molecule has 1 aromatic carbocycles. The van der Waals surface area contributed by atoms with Gasteiger partial charge in [-0.1, -0.05) is 30.3 Å². The first-order valence-corrected chi connectivity index (χ1v) is 7.41. The van der Waals surface area contributed by atoms with Crippen LogP contribution in [0.15, 0.2) is 30.3 Å². The van der Waals surface area contributed by atoms with E-state index in [-0.39, 0.29) is 0 Å². The average molecular weight is 255 g/mol. The van der Waals surface area contributed by atoms with Crippen LogP contribution in [-0.2, 0) is 0 Å². The molecule has 1 rings (SSSR count). The maximum Gasteiger partial charge on any atom is 0.00662 e. The molecular formula is C13H21NS2. The molecule has 1 aromatic rings. The Labute approximate surface area is 109 Å². The van der Waals surface area contributed by atoms with E-state index in [1.54, 1.807) is 0 Å². The number of thioether (sulfide) groups is 1. The van der Waals surface area contributed by atoms with E-state index in [9.17, 15) is 0 Å². The quantitative estimate of drug-likeness (QED) is 0.589. The van der Waals surface area contributed by atoms with Gasteiger partial charge in [-0.15, -0.1) is 0 Å². The molecule has 0 saturated heterocycles. The normalized spacial score (nSPS) is 13.0. The summed E-state index contributed by atoms with van der Waals surface area (Å²) in [6, 6.07) is 10.7. The van der Waals surface area contributed by atoms with E-state index < -0.39 is 0 Å². The second-order valence-electron chi connectivity index (χ2n) is 4.17. The Bertz CT molecular complexity index is 275. The second kappa shape index (κ2) is 8.04. The van der Waals surface area contributed by atoms with Gasteiger partial charge >= 0.3 is 0 Å². The molecule has 0 saturated carbocycles. The minimum atomic E-state index is 0.580. The van der Waals surface area contributed by atoms with E-state index in [0.717, 1.165) is 12.3 Å². The molecule has 0 N–H and O–H groups in total. The van der Waals surface area contributed by atoms with Crippen LogP contribution < -0.4 is 0 Å². The van der Waals surface area contributed by atoms with Gasteiger partial charge in [-0.25, -0.2) is 0 Å². The zero-order valence-corrected chi connectivity index (χ0v) is 11.8. The van der Waals surface area contributed by atoms with Gasteiger partial charge in [-0.3, -0.25) is 0 Å². The SMILES string of the molecule is CN(C)CCSCC(CS)c1ccccc1. The lowest BCUT2D eigenvalue weighted by Gasteiger charge is -2.15. The lowest BCUT2D eigenvalue weighted by molar-refractivity contribution is 0.437. The van der Waals surface area contributed by atoms with Crippen LogP contribution in [-0.4, -0.2) is 42.8 Å². The number of rotatable bonds is 7. The molecule has 0 heterocycles. The third-order valence-corrected chi connectivity index (χ3v) is 4.04. The standard InChI is InChI=1S/C13H21NS2/c1-14(2)8-9-16-11-13(10-15)12-6-4-3-5-7-12/h3-7,13,15H,8-11H2,1-2H3.